The van der Waals surface area contributed by atoms with Crippen molar-refractivity contribution in [3.63, 3.8) is 0 Å². The van der Waals surface area contributed by atoms with E-state index in [1.54, 1.807) is 14.2 Å². The van der Waals surface area contributed by atoms with Gasteiger partial charge in [0.2, 0.25) is 0 Å². The van der Waals surface area contributed by atoms with Gasteiger partial charge >= 0.3 is 0 Å². The number of rotatable bonds is 9. The third-order valence-corrected chi connectivity index (χ3v) is 4.38. The Kier molecular flexibility index (Phi) is 5.51. The predicted octanol–water partition coefficient (Wildman–Crippen LogP) is 3.80. The second-order valence-corrected chi connectivity index (χ2v) is 6.82. The molecule has 0 aromatic heterocycles. The molecule has 1 saturated carbocycles. The van der Waals surface area contributed by atoms with Gasteiger partial charge in [-0.3, -0.25) is 0 Å². The monoisotopic (exact) mass is 291 g/mol. The summed E-state index contributed by atoms with van der Waals surface area (Å²) in [6, 6.07) is 6.91. The molecular formula is C18H29NO2. The van der Waals surface area contributed by atoms with Gasteiger partial charge in [-0.2, -0.15) is 0 Å². The lowest BCUT2D eigenvalue weighted by Crippen LogP contribution is -2.24. The quantitative estimate of drug-likeness (QED) is 0.750. The van der Waals surface area contributed by atoms with Crippen molar-refractivity contribution in [1.29, 1.82) is 0 Å². The van der Waals surface area contributed by atoms with E-state index in [2.05, 4.69) is 25.2 Å². The summed E-state index contributed by atoms with van der Waals surface area (Å²) in [5.74, 6) is 1.78. The highest BCUT2D eigenvalue weighted by Gasteiger charge is 2.23. The number of nitrogens with one attached hydrogen (secondary N) is 1. The van der Waals surface area contributed by atoms with E-state index < -0.39 is 0 Å². The summed E-state index contributed by atoms with van der Waals surface area (Å²) in [7, 11) is 3.41. The topological polar surface area (TPSA) is 30.5 Å². The van der Waals surface area contributed by atoms with Crippen LogP contribution in [0.25, 0.3) is 0 Å². The summed E-state index contributed by atoms with van der Waals surface area (Å²) in [6.07, 6.45) is 6.17. The standard InChI is InChI=1S/C18H29NO2/c1-18(2,11-12-19-15-6-7-15)10-9-14-5-8-16(20-3)13-17(14)21-4/h5,8,13,15,19H,6-7,9-12H2,1-4H3. The number of hydrogen-bond acceptors (Lipinski definition) is 3. The first-order valence-corrected chi connectivity index (χ1v) is 7.98. The van der Waals surface area contributed by atoms with Crippen LogP contribution >= 0.6 is 0 Å². The Bertz CT molecular complexity index is 453. The molecule has 0 radical (unpaired) electrons. The first kappa shape index (κ1) is 16.2. The minimum absolute atomic E-state index is 0.354. The molecule has 2 rings (SSSR count). The lowest BCUT2D eigenvalue weighted by atomic mass is 9.83. The molecule has 3 heteroatoms. The number of methoxy groups -OCH3 is 2. The number of aryl methyl sites for hydroxylation is 1. The van der Waals surface area contributed by atoms with E-state index in [0.29, 0.717) is 5.41 Å². The lowest BCUT2D eigenvalue weighted by molar-refractivity contribution is 0.299. The first-order valence-electron chi connectivity index (χ1n) is 7.98. The van der Waals surface area contributed by atoms with E-state index in [-0.39, 0.29) is 0 Å². The Labute approximate surface area is 129 Å². The summed E-state index contributed by atoms with van der Waals surface area (Å²) in [5.41, 5.74) is 1.62. The van der Waals surface area contributed by atoms with E-state index in [1.165, 1.54) is 31.2 Å². The Morgan fingerprint density at radius 2 is 1.90 bits per heavy atom. The Morgan fingerprint density at radius 3 is 2.52 bits per heavy atom. The molecule has 118 valence electrons. The van der Waals surface area contributed by atoms with Gasteiger partial charge in [-0.25, -0.2) is 0 Å². The molecule has 1 aromatic carbocycles. The summed E-state index contributed by atoms with van der Waals surface area (Å²) < 4.78 is 10.7. The number of ether oxygens (including phenoxy) is 2. The molecule has 0 heterocycles. The maximum atomic E-state index is 5.48. The zero-order valence-corrected chi connectivity index (χ0v) is 13.9. The van der Waals surface area contributed by atoms with Gasteiger partial charge < -0.3 is 14.8 Å². The zero-order valence-electron chi connectivity index (χ0n) is 13.9. The smallest absolute Gasteiger partial charge is 0.125 e. The van der Waals surface area contributed by atoms with Crippen LogP contribution < -0.4 is 14.8 Å². The second-order valence-electron chi connectivity index (χ2n) is 6.82. The molecular weight excluding hydrogens is 262 g/mol. The Morgan fingerprint density at radius 1 is 1.14 bits per heavy atom. The van der Waals surface area contributed by atoms with Crippen molar-refractivity contribution < 1.29 is 9.47 Å². The van der Waals surface area contributed by atoms with Gasteiger partial charge in [-0.15, -0.1) is 0 Å². The fourth-order valence-corrected chi connectivity index (χ4v) is 2.56. The van der Waals surface area contributed by atoms with Gasteiger partial charge in [0.05, 0.1) is 14.2 Å². The van der Waals surface area contributed by atoms with Gasteiger partial charge in [0.15, 0.2) is 0 Å². The van der Waals surface area contributed by atoms with Gasteiger partial charge in [-0.1, -0.05) is 19.9 Å². The van der Waals surface area contributed by atoms with Crippen molar-refractivity contribution >= 4 is 0 Å². The van der Waals surface area contributed by atoms with Gasteiger partial charge in [0.25, 0.3) is 0 Å². The second kappa shape index (κ2) is 7.17. The average Bonchev–Trinajstić information content (AvgIpc) is 3.29. The fourth-order valence-electron chi connectivity index (χ4n) is 2.56. The molecule has 0 atom stereocenters. The minimum Gasteiger partial charge on any atom is -0.497 e. The molecule has 1 fully saturated rings. The highest BCUT2D eigenvalue weighted by molar-refractivity contribution is 5.40. The third-order valence-electron chi connectivity index (χ3n) is 4.38. The van der Waals surface area contributed by atoms with Crippen molar-refractivity contribution in [1.82, 2.24) is 5.32 Å². The number of hydrogen-bond donors (Lipinski definition) is 1. The molecule has 0 aliphatic heterocycles. The van der Waals surface area contributed by atoms with Crippen molar-refractivity contribution in [3.05, 3.63) is 23.8 Å². The first-order chi connectivity index (χ1) is 10.0. The van der Waals surface area contributed by atoms with Crippen LogP contribution in [0.15, 0.2) is 18.2 Å². The summed E-state index contributed by atoms with van der Waals surface area (Å²) in [5, 5.41) is 3.61. The molecule has 1 aromatic rings. The normalized spacial score (nSPS) is 15.0. The van der Waals surface area contributed by atoms with Crippen LogP contribution in [-0.4, -0.2) is 26.8 Å². The van der Waals surface area contributed by atoms with Crippen molar-refractivity contribution in [2.45, 2.75) is 52.0 Å². The van der Waals surface area contributed by atoms with Crippen molar-refractivity contribution in [2.24, 2.45) is 5.41 Å². The fraction of sp³-hybridized carbons (Fsp3) is 0.667. The van der Waals surface area contributed by atoms with Crippen LogP contribution in [0.5, 0.6) is 11.5 Å². The van der Waals surface area contributed by atoms with E-state index in [9.17, 15) is 0 Å². The van der Waals surface area contributed by atoms with Crippen LogP contribution in [0, 0.1) is 5.41 Å². The molecule has 0 amide bonds. The maximum absolute atomic E-state index is 5.48. The summed E-state index contributed by atoms with van der Waals surface area (Å²) in [6.45, 7) is 5.85. The molecule has 0 bridgehead atoms. The van der Waals surface area contributed by atoms with Crippen LogP contribution in [0.2, 0.25) is 0 Å². The Balaban J connectivity index is 1.85. The molecule has 0 spiro atoms. The molecule has 1 N–H and O–H groups in total. The lowest BCUT2D eigenvalue weighted by Gasteiger charge is -2.25. The highest BCUT2D eigenvalue weighted by Crippen LogP contribution is 2.31. The summed E-state index contributed by atoms with van der Waals surface area (Å²) >= 11 is 0. The summed E-state index contributed by atoms with van der Waals surface area (Å²) in [4.78, 5) is 0. The number of benzene rings is 1. The third kappa shape index (κ3) is 5.24. The zero-order chi connectivity index (χ0) is 15.3. The largest absolute Gasteiger partial charge is 0.497 e. The molecule has 3 nitrogen and oxygen atoms in total. The molecule has 0 unspecified atom stereocenters. The molecule has 1 aliphatic carbocycles. The van der Waals surface area contributed by atoms with Crippen LogP contribution in [0.4, 0.5) is 0 Å². The van der Waals surface area contributed by atoms with E-state index in [1.807, 2.05) is 12.1 Å². The molecule has 1 aliphatic rings. The Hall–Kier alpha value is -1.22. The average molecular weight is 291 g/mol. The van der Waals surface area contributed by atoms with Gasteiger partial charge in [0, 0.05) is 12.1 Å². The van der Waals surface area contributed by atoms with Gasteiger partial charge in [0.1, 0.15) is 11.5 Å². The maximum Gasteiger partial charge on any atom is 0.125 e. The van der Waals surface area contributed by atoms with Crippen molar-refractivity contribution in [2.75, 3.05) is 20.8 Å². The predicted molar refractivity (Wildman–Crippen MR) is 87.3 cm³/mol. The SMILES string of the molecule is COc1ccc(CCC(C)(C)CCNC2CC2)c(OC)c1. The molecule has 21 heavy (non-hydrogen) atoms. The van der Waals surface area contributed by atoms with E-state index >= 15 is 0 Å². The van der Waals surface area contributed by atoms with Crippen LogP contribution in [-0.2, 0) is 6.42 Å². The molecule has 0 saturated heterocycles. The van der Waals surface area contributed by atoms with Crippen LogP contribution in [0.3, 0.4) is 0 Å². The minimum atomic E-state index is 0.354. The van der Waals surface area contributed by atoms with E-state index in [4.69, 9.17) is 9.47 Å². The highest BCUT2D eigenvalue weighted by atomic mass is 16.5. The van der Waals surface area contributed by atoms with E-state index in [0.717, 1.165) is 30.5 Å². The van der Waals surface area contributed by atoms with Crippen LogP contribution in [0.1, 0.15) is 45.1 Å². The van der Waals surface area contributed by atoms with Gasteiger partial charge in [-0.05, 0) is 55.7 Å². The van der Waals surface area contributed by atoms with Crippen molar-refractivity contribution in [3.8, 4) is 11.5 Å².